The van der Waals surface area contributed by atoms with Crippen molar-refractivity contribution in [2.75, 3.05) is 0 Å². The summed E-state index contributed by atoms with van der Waals surface area (Å²) in [4.78, 5) is 28.6. The van der Waals surface area contributed by atoms with Crippen LogP contribution >= 0.6 is 34.8 Å². The van der Waals surface area contributed by atoms with Gasteiger partial charge in [0.1, 0.15) is 6.04 Å². The van der Waals surface area contributed by atoms with E-state index >= 15 is 0 Å². The number of hydrogen-bond acceptors (Lipinski definition) is 2. The third-order valence-electron chi connectivity index (χ3n) is 5.36. The number of rotatable bonds is 9. The molecule has 0 bridgehead atoms. The van der Waals surface area contributed by atoms with Crippen molar-refractivity contribution in [3.05, 3.63) is 105 Å². The van der Waals surface area contributed by atoms with Crippen LogP contribution < -0.4 is 5.32 Å². The standard InChI is InChI=1S/C27H27Cl3N2O2/c1-18(2)31-27(34)25(15-19-7-4-3-5-8-19)32(17-22-23(29)9-6-10-24(22)30)26(33)16-20-11-13-21(28)14-12-20/h3-14,18,25H,15-17H2,1-2H3,(H,31,34)/t25-/m1/s1. The summed E-state index contributed by atoms with van der Waals surface area (Å²) >= 11 is 18.9. The number of benzene rings is 3. The van der Waals surface area contributed by atoms with Crippen LogP contribution in [0.2, 0.25) is 15.1 Å². The second kappa shape index (κ2) is 12.3. The molecule has 0 saturated carbocycles. The van der Waals surface area contributed by atoms with E-state index < -0.39 is 6.04 Å². The Morgan fingerprint density at radius 1 is 0.824 bits per heavy atom. The lowest BCUT2D eigenvalue weighted by Crippen LogP contribution is -2.52. The van der Waals surface area contributed by atoms with Gasteiger partial charge in [-0.05, 0) is 49.2 Å². The number of hydrogen-bond donors (Lipinski definition) is 1. The van der Waals surface area contributed by atoms with Gasteiger partial charge in [-0.15, -0.1) is 0 Å². The first kappa shape index (κ1) is 26.1. The van der Waals surface area contributed by atoms with Crippen LogP contribution in [0, 0.1) is 0 Å². The van der Waals surface area contributed by atoms with Gasteiger partial charge in [0.05, 0.1) is 6.42 Å². The third-order valence-corrected chi connectivity index (χ3v) is 6.32. The molecule has 0 unspecified atom stereocenters. The molecule has 0 aliphatic rings. The van der Waals surface area contributed by atoms with Gasteiger partial charge < -0.3 is 10.2 Å². The molecule has 0 fully saturated rings. The van der Waals surface area contributed by atoms with Gasteiger partial charge in [-0.3, -0.25) is 9.59 Å². The molecule has 0 saturated heterocycles. The van der Waals surface area contributed by atoms with Gasteiger partial charge in [0, 0.05) is 39.6 Å². The fourth-order valence-corrected chi connectivity index (χ4v) is 4.31. The van der Waals surface area contributed by atoms with Crippen LogP contribution in [0.5, 0.6) is 0 Å². The molecule has 0 spiro atoms. The van der Waals surface area contributed by atoms with Crippen molar-refractivity contribution < 1.29 is 9.59 Å². The van der Waals surface area contributed by atoms with Crippen molar-refractivity contribution in [3.63, 3.8) is 0 Å². The number of halogens is 3. The summed E-state index contributed by atoms with van der Waals surface area (Å²) in [6.07, 6.45) is 0.466. The fraction of sp³-hybridized carbons (Fsp3) is 0.259. The molecule has 1 atom stereocenters. The molecule has 0 aromatic heterocycles. The van der Waals surface area contributed by atoms with E-state index in [0.717, 1.165) is 11.1 Å². The van der Waals surface area contributed by atoms with Crippen molar-refractivity contribution in [1.82, 2.24) is 10.2 Å². The molecular weight excluding hydrogens is 491 g/mol. The number of carbonyl (C=O) groups is 2. The van der Waals surface area contributed by atoms with E-state index in [0.29, 0.717) is 27.1 Å². The quantitative estimate of drug-likeness (QED) is 0.359. The lowest BCUT2D eigenvalue weighted by Gasteiger charge is -2.32. The van der Waals surface area contributed by atoms with Gasteiger partial charge in [0.25, 0.3) is 0 Å². The Balaban J connectivity index is 2.01. The van der Waals surface area contributed by atoms with Crippen molar-refractivity contribution >= 4 is 46.6 Å². The largest absolute Gasteiger partial charge is 0.352 e. The summed E-state index contributed by atoms with van der Waals surface area (Å²) < 4.78 is 0. The van der Waals surface area contributed by atoms with Crippen molar-refractivity contribution in [2.24, 2.45) is 0 Å². The van der Waals surface area contributed by atoms with Crippen molar-refractivity contribution in [2.45, 2.75) is 45.3 Å². The Morgan fingerprint density at radius 2 is 1.44 bits per heavy atom. The molecule has 3 aromatic carbocycles. The van der Waals surface area contributed by atoms with E-state index in [4.69, 9.17) is 34.8 Å². The van der Waals surface area contributed by atoms with E-state index in [1.807, 2.05) is 44.2 Å². The van der Waals surface area contributed by atoms with Gasteiger partial charge in [-0.25, -0.2) is 0 Å². The lowest BCUT2D eigenvalue weighted by molar-refractivity contribution is -0.141. The maximum Gasteiger partial charge on any atom is 0.243 e. The maximum atomic E-state index is 13.7. The maximum absolute atomic E-state index is 13.7. The molecule has 0 heterocycles. The van der Waals surface area contributed by atoms with Gasteiger partial charge in [0.2, 0.25) is 11.8 Å². The highest BCUT2D eigenvalue weighted by molar-refractivity contribution is 6.36. The van der Waals surface area contributed by atoms with Gasteiger partial charge in [-0.1, -0.05) is 83.3 Å². The second-order valence-electron chi connectivity index (χ2n) is 8.39. The zero-order valence-electron chi connectivity index (χ0n) is 19.1. The Bertz CT molecular complexity index is 1100. The van der Waals surface area contributed by atoms with E-state index in [9.17, 15) is 9.59 Å². The zero-order chi connectivity index (χ0) is 24.7. The van der Waals surface area contributed by atoms with Crippen molar-refractivity contribution in [3.8, 4) is 0 Å². The first-order valence-electron chi connectivity index (χ1n) is 11.1. The molecule has 2 amide bonds. The number of amides is 2. The summed E-state index contributed by atoms with van der Waals surface area (Å²) in [6.45, 7) is 3.89. The molecule has 1 N–H and O–H groups in total. The summed E-state index contributed by atoms with van der Waals surface area (Å²) in [6, 6.07) is 21.1. The average Bonchev–Trinajstić information content (AvgIpc) is 2.79. The Hall–Kier alpha value is -2.53. The summed E-state index contributed by atoms with van der Waals surface area (Å²) in [5, 5.41) is 4.45. The Morgan fingerprint density at radius 3 is 2.03 bits per heavy atom. The minimum absolute atomic E-state index is 0.0807. The van der Waals surface area contributed by atoms with E-state index in [2.05, 4.69) is 5.32 Å². The molecule has 0 aliphatic carbocycles. The monoisotopic (exact) mass is 516 g/mol. The van der Waals surface area contributed by atoms with Gasteiger partial charge in [-0.2, -0.15) is 0 Å². The first-order valence-corrected chi connectivity index (χ1v) is 12.2. The topological polar surface area (TPSA) is 49.4 Å². The van der Waals surface area contributed by atoms with Crippen molar-refractivity contribution in [1.29, 1.82) is 0 Å². The molecule has 3 aromatic rings. The highest BCUT2D eigenvalue weighted by Gasteiger charge is 2.31. The molecular formula is C27H27Cl3N2O2. The van der Waals surface area contributed by atoms with Crippen LogP contribution in [0.25, 0.3) is 0 Å². The van der Waals surface area contributed by atoms with Gasteiger partial charge >= 0.3 is 0 Å². The number of carbonyl (C=O) groups excluding carboxylic acids is 2. The van der Waals surface area contributed by atoms with Crippen LogP contribution in [-0.2, 0) is 29.0 Å². The summed E-state index contributed by atoms with van der Waals surface area (Å²) in [7, 11) is 0. The molecule has 0 aliphatic heterocycles. The van der Waals surface area contributed by atoms with Crippen LogP contribution in [0.4, 0.5) is 0 Å². The molecule has 4 nitrogen and oxygen atoms in total. The average molecular weight is 518 g/mol. The predicted molar refractivity (Wildman–Crippen MR) is 139 cm³/mol. The highest BCUT2D eigenvalue weighted by Crippen LogP contribution is 2.27. The fourth-order valence-electron chi connectivity index (χ4n) is 3.67. The lowest BCUT2D eigenvalue weighted by atomic mass is 10.0. The van der Waals surface area contributed by atoms with Crippen LogP contribution in [0.3, 0.4) is 0 Å². The van der Waals surface area contributed by atoms with Crippen LogP contribution in [0.1, 0.15) is 30.5 Å². The van der Waals surface area contributed by atoms with Gasteiger partial charge in [0.15, 0.2) is 0 Å². The second-order valence-corrected chi connectivity index (χ2v) is 9.64. The SMILES string of the molecule is CC(C)NC(=O)[C@@H](Cc1ccccc1)N(Cc1c(Cl)cccc1Cl)C(=O)Cc1ccc(Cl)cc1. The van der Waals surface area contributed by atoms with E-state index in [1.54, 1.807) is 47.4 Å². The molecule has 34 heavy (non-hydrogen) atoms. The minimum atomic E-state index is -0.753. The molecule has 178 valence electrons. The normalized spacial score (nSPS) is 11.8. The zero-order valence-corrected chi connectivity index (χ0v) is 21.4. The minimum Gasteiger partial charge on any atom is -0.352 e. The number of nitrogens with zero attached hydrogens (tertiary/aromatic N) is 1. The Labute approximate surface area is 215 Å². The van der Waals surface area contributed by atoms with Crippen LogP contribution in [-0.4, -0.2) is 28.8 Å². The van der Waals surface area contributed by atoms with Crippen LogP contribution in [0.15, 0.2) is 72.8 Å². The molecule has 0 radical (unpaired) electrons. The summed E-state index contributed by atoms with van der Waals surface area (Å²) in [5.74, 6) is -0.440. The first-order chi connectivity index (χ1) is 16.2. The van der Waals surface area contributed by atoms with E-state index in [1.165, 1.54) is 0 Å². The molecule has 3 rings (SSSR count). The Kier molecular flexibility index (Phi) is 9.40. The molecule has 7 heteroatoms. The van der Waals surface area contributed by atoms with E-state index in [-0.39, 0.29) is 30.8 Å². The number of nitrogens with one attached hydrogen (secondary N) is 1. The summed E-state index contributed by atoms with van der Waals surface area (Å²) in [5.41, 5.74) is 2.35. The smallest absolute Gasteiger partial charge is 0.243 e. The highest BCUT2D eigenvalue weighted by atomic mass is 35.5. The predicted octanol–water partition coefficient (Wildman–Crippen LogP) is 6.35. The third kappa shape index (κ3) is 7.23.